The highest BCUT2D eigenvalue weighted by Crippen LogP contribution is 2.23. The van der Waals surface area contributed by atoms with Gasteiger partial charge < -0.3 is 15.7 Å². The summed E-state index contributed by atoms with van der Waals surface area (Å²) in [5, 5.41) is 13.9. The Kier molecular flexibility index (Phi) is 3.31. The third-order valence-corrected chi connectivity index (χ3v) is 2.48. The molecule has 1 saturated heterocycles. The van der Waals surface area contributed by atoms with Crippen molar-refractivity contribution in [3.05, 3.63) is 0 Å². The first kappa shape index (κ1) is 11.2. The van der Waals surface area contributed by atoms with Crippen molar-refractivity contribution in [2.24, 2.45) is 5.92 Å². The number of halogens is 1. The van der Waals surface area contributed by atoms with Crippen molar-refractivity contribution in [3.8, 4) is 0 Å². The summed E-state index contributed by atoms with van der Waals surface area (Å²) in [6, 6.07) is 0. The van der Waals surface area contributed by atoms with Crippen LogP contribution in [-0.4, -0.2) is 36.0 Å². The molecule has 1 aliphatic rings. The number of carboxylic acid groups (broad SMARTS) is 1. The number of hydrogen-bond donors (Lipinski definition) is 3. The minimum absolute atomic E-state index is 0.0863. The molecule has 2 atom stereocenters. The lowest BCUT2D eigenvalue weighted by atomic mass is 9.89. The fraction of sp³-hybridized carbons (Fsp3) is 0.889. The molecule has 1 aliphatic heterocycles. The van der Waals surface area contributed by atoms with Gasteiger partial charge in [0.25, 0.3) is 0 Å². The van der Waals surface area contributed by atoms with Crippen LogP contribution in [0.1, 0.15) is 20.3 Å². The van der Waals surface area contributed by atoms with Crippen molar-refractivity contribution in [2.45, 2.75) is 32.0 Å². The van der Waals surface area contributed by atoms with Gasteiger partial charge in [-0.2, -0.15) is 0 Å². The maximum Gasteiger partial charge on any atom is 0.405 e. The second-order valence-electron chi connectivity index (χ2n) is 4.45. The molecule has 5 heteroatoms. The zero-order valence-electron chi connectivity index (χ0n) is 8.51. The van der Waals surface area contributed by atoms with Gasteiger partial charge in [0.05, 0.1) is 0 Å². The predicted octanol–water partition coefficient (Wildman–Crippen LogP) is 0.980. The average molecular weight is 204 g/mol. The van der Waals surface area contributed by atoms with Gasteiger partial charge in [0.2, 0.25) is 0 Å². The van der Waals surface area contributed by atoms with Crippen LogP contribution >= 0.6 is 0 Å². The fourth-order valence-corrected chi connectivity index (χ4v) is 1.90. The number of amides is 1. The van der Waals surface area contributed by atoms with Crippen molar-refractivity contribution in [2.75, 3.05) is 13.1 Å². The minimum Gasteiger partial charge on any atom is -0.465 e. The van der Waals surface area contributed by atoms with Gasteiger partial charge >= 0.3 is 6.09 Å². The Bertz CT molecular complexity index is 221. The Labute approximate surface area is 82.9 Å². The number of alkyl halides is 1. The summed E-state index contributed by atoms with van der Waals surface area (Å²) in [5.41, 5.74) is -0.563. The SMILES string of the molecule is CC(C)(C[C@@H]1CNC[C@H]1F)NC(=O)O. The van der Waals surface area contributed by atoms with E-state index in [1.807, 2.05) is 0 Å². The molecule has 0 aromatic heterocycles. The van der Waals surface area contributed by atoms with E-state index in [2.05, 4.69) is 10.6 Å². The van der Waals surface area contributed by atoms with Gasteiger partial charge in [0, 0.05) is 24.5 Å². The van der Waals surface area contributed by atoms with E-state index in [-0.39, 0.29) is 5.92 Å². The molecule has 0 aliphatic carbocycles. The van der Waals surface area contributed by atoms with E-state index >= 15 is 0 Å². The lowest BCUT2D eigenvalue weighted by molar-refractivity contribution is 0.169. The molecule has 0 spiro atoms. The van der Waals surface area contributed by atoms with Crippen LogP contribution in [0.5, 0.6) is 0 Å². The summed E-state index contributed by atoms with van der Waals surface area (Å²) in [4.78, 5) is 10.4. The molecule has 0 bridgehead atoms. The number of rotatable bonds is 3. The first-order valence-corrected chi connectivity index (χ1v) is 4.76. The van der Waals surface area contributed by atoms with E-state index in [9.17, 15) is 9.18 Å². The van der Waals surface area contributed by atoms with E-state index in [0.717, 1.165) is 0 Å². The largest absolute Gasteiger partial charge is 0.465 e. The van der Waals surface area contributed by atoms with Gasteiger partial charge in [-0.3, -0.25) is 0 Å². The summed E-state index contributed by atoms with van der Waals surface area (Å²) >= 11 is 0. The van der Waals surface area contributed by atoms with Crippen LogP contribution < -0.4 is 10.6 Å². The molecule has 0 saturated carbocycles. The van der Waals surface area contributed by atoms with Gasteiger partial charge in [0.15, 0.2) is 0 Å². The summed E-state index contributed by atoms with van der Waals surface area (Å²) < 4.78 is 13.2. The molecule has 14 heavy (non-hydrogen) atoms. The molecule has 0 aromatic rings. The molecular weight excluding hydrogens is 187 g/mol. The molecule has 4 nitrogen and oxygen atoms in total. The fourth-order valence-electron chi connectivity index (χ4n) is 1.90. The summed E-state index contributed by atoms with van der Waals surface area (Å²) in [7, 11) is 0. The highest BCUT2D eigenvalue weighted by atomic mass is 19.1. The Morgan fingerprint density at radius 1 is 1.64 bits per heavy atom. The van der Waals surface area contributed by atoms with E-state index in [1.165, 1.54) is 0 Å². The summed E-state index contributed by atoms with van der Waals surface area (Å²) in [6.45, 7) is 4.55. The maximum absolute atomic E-state index is 13.2. The molecule has 1 amide bonds. The van der Waals surface area contributed by atoms with Crippen LogP contribution in [0.25, 0.3) is 0 Å². The average Bonchev–Trinajstić information content (AvgIpc) is 2.32. The second-order valence-corrected chi connectivity index (χ2v) is 4.45. The normalized spacial score (nSPS) is 27.6. The van der Waals surface area contributed by atoms with Gasteiger partial charge in [-0.05, 0) is 20.3 Å². The van der Waals surface area contributed by atoms with E-state index in [4.69, 9.17) is 5.11 Å². The zero-order valence-corrected chi connectivity index (χ0v) is 8.51. The quantitative estimate of drug-likeness (QED) is 0.642. The van der Waals surface area contributed by atoms with Crippen molar-refractivity contribution >= 4 is 6.09 Å². The van der Waals surface area contributed by atoms with Crippen molar-refractivity contribution in [1.82, 2.24) is 10.6 Å². The van der Waals surface area contributed by atoms with Gasteiger partial charge in [-0.1, -0.05) is 0 Å². The van der Waals surface area contributed by atoms with Crippen LogP contribution in [-0.2, 0) is 0 Å². The Balaban J connectivity index is 2.45. The Morgan fingerprint density at radius 3 is 2.71 bits per heavy atom. The maximum atomic E-state index is 13.2. The number of carbonyl (C=O) groups is 1. The first-order chi connectivity index (χ1) is 6.41. The van der Waals surface area contributed by atoms with Crippen LogP contribution in [0, 0.1) is 5.92 Å². The minimum atomic E-state index is -1.06. The molecule has 0 radical (unpaired) electrons. The van der Waals surface area contributed by atoms with Crippen LogP contribution in [0.3, 0.4) is 0 Å². The number of hydrogen-bond acceptors (Lipinski definition) is 2. The molecule has 1 fully saturated rings. The van der Waals surface area contributed by atoms with Crippen molar-refractivity contribution in [1.29, 1.82) is 0 Å². The molecule has 1 heterocycles. The van der Waals surface area contributed by atoms with Crippen LogP contribution in [0.2, 0.25) is 0 Å². The highest BCUT2D eigenvalue weighted by molar-refractivity contribution is 5.65. The monoisotopic (exact) mass is 204 g/mol. The first-order valence-electron chi connectivity index (χ1n) is 4.76. The molecule has 82 valence electrons. The number of nitrogens with one attached hydrogen (secondary N) is 2. The Morgan fingerprint density at radius 2 is 2.29 bits per heavy atom. The summed E-state index contributed by atoms with van der Waals surface area (Å²) in [5.74, 6) is -0.0863. The standard InChI is InChI=1S/C9H17FN2O2/c1-9(2,12-8(13)14)3-6-4-11-5-7(6)10/h6-7,11-12H,3-5H2,1-2H3,(H,13,14)/t6-,7-/m1/s1. The topological polar surface area (TPSA) is 61.4 Å². The predicted molar refractivity (Wildman–Crippen MR) is 51.1 cm³/mol. The molecule has 1 rings (SSSR count). The Hall–Kier alpha value is -0.840. The highest BCUT2D eigenvalue weighted by Gasteiger charge is 2.33. The molecular formula is C9H17FN2O2. The molecule has 0 unspecified atom stereocenters. The van der Waals surface area contributed by atoms with Crippen LogP contribution in [0.4, 0.5) is 9.18 Å². The third kappa shape index (κ3) is 3.14. The lowest BCUT2D eigenvalue weighted by Crippen LogP contribution is -2.45. The van der Waals surface area contributed by atoms with E-state index < -0.39 is 17.8 Å². The van der Waals surface area contributed by atoms with Crippen molar-refractivity contribution < 1.29 is 14.3 Å². The van der Waals surface area contributed by atoms with Crippen LogP contribution in [0.15, 0.2) is 0 Å². The van der Waals surface area contributed by atoms with Gasteiger partial charge in [-0.25, -0.2) is 9.18 Å². The van der Waals surface area contributed by atoms with Crippen molar-refractivity contribution in [3.63, 3.8) is 0 Å². The summed E-state index contributed by atoms with van der Waals surface area (Å²) in [6.07, 6.45) is -1.39. The van der Waals surface area contributed by atoms with Gasteiger partial charge in [-0.15, -0.1) is 0 Å². The third-order valence-electron chi connectivity index (χ3n) is 2.48. The zero-order chi connectivity index (χ0) is 10.8. The molecule has 0 aromatic carbocycles. The molecule has 3 N–H and O–H groups in total. The second kappa shape index (κ2) is 4.13. The van der Waals surface area contributed by atoms with E-state index in [0.29, 0.717) is 19.5 Å². The van der Waals surface area contributed by atoms with E-state index in [1.54, 1.807) is 13.8 Å². The van der Waals surface area contributed by atoms with Gasteiger partial charge in [0.1, 0.15) is 6.17 Å². The lowest BCUT2D eigenvalue weighted by Gasteiger charge is -2.28. The smallest absolute Gasteiger partial charge is 0.405 e.